The smallest absolute Gasteiger partial charge is 0.126 e. The molecule has 0 spiro atoms. The highest BCUT2D eigenvalue weighted by molar-refractivity contribution is 5.57. The molecule has 1 N–H and O–H groups in total. The Morgan fingerprint density at radius 3 is 2.63 bits per heavy atom. The predicted octanol–water partition coefficient (Wildman–Crippen LogP) is 2.33. The zero-order chi connectivity index (χ0) is 14.2. The van der Waals surface area contributed by atoms with E-state index in [0.29, 0.717) is 17.2 Å². The van der Waals surface area contributed by atoms with Crippen molar-refractivity contribution in [1.29, 1.82) is 0 Å². The van der Waals surface area contributed by atoms with E-state index in [1.165, 1.54) is 6.07 Å². The summed E-state index contributed by atoms with van der Waals surface area (Å²) < 4.78 is 13.7. The molecule has 1 heterocycles. The van der Waals surface area contributed by atoms with Gasteiger partial charge in [0.1, 0.15) is 5.82 Å². The number of nitrogens with zero attached hydrogens (tertiary/aromatic N) is 2. The summed E-state index contributed by atoms with van der Waals surface area (Å²) >= 11 is 0. The Kier molecular flexibility index (Phi) is 4.11. The fourth-order valence-corrected chi connectivity index (χ4v) is 2.67. The van der Waals surface area contributed by atoms with E-state index in [9.17, 15) is 9.50 Å². The molecule has 4 heteroatoms. The van der Waals surface area contributed by atoms with Gasteiger partial charge in [-0.3, -0.25) is 0 Å². The number of benzene rings is 1. The second-order valence-electron chi connectivity index (χ2n) is 5.69. The van der Waals surface area contributed by atoms with E-state index in [1.54, 1.807) is 13.8 Å². The fraction of sp³-hybridized carbons (Fsp3) is 0.600. The first kappa shape index (κ1) is 14.3. The van der Waals surface area contributed by atoms with Crippen molar-refractivity contribution in [3.8, 4) is 0 Å². The molecule has 2 atom stereocenters. The predicted molar refractivity (Wildman–Crippen MR) is 76.1 cm³/mol. The fourth-order valence-electron chi connectivity index (χ4n) is 2.67. The van der Waals surface area contributed by atoms with Crippen molar-refractivity contribution in [1.82, 2.24) is 4.90 Å². The summed E-state index contributed by atoms with van der Waals surface area (Å²) in [5, 5.41) is 9.85. The van der Waals surface area contributed by atoms with Crippen LogP contribution in [0.5, 0.6) is 0 Å². The Balaban J connectivity index is 2.32. The number of aliphatic hydroxyl groups is 1. The standard InChI is InChI=1S/C15H23FN2O/c1-10-7-15(13(11(2)19)8-14(10)16)18-6-5-12(9-18)17(3)4/h7-8,11-12,19H,5-6,9H2,1-4H3. The van der Waals surface area contributed by atoms with Gasteiger partial charge in [-0.05, 0) is 52.1 Å². The van der Waals surface area contributed by atoms with E-state index in [1.807, 2.05) is 6.07 Å². The SMILES string of the molecule is Cc1cc(N2CCC(N(C)C)C2)c(C(C)O)cc1F. The van der Waals surface area contributed by atoms with E-state index >= 15 is 0 Å². The van der Waals surface area contributed by atoms with Crippen LogP contribution in [0.2, 0.25) is 0 Å². The van der Waals surface area contributed by atoms with Crippen molar-refractivity contribution in [2.24, 2.45) is 0 Å². The van der Waals surface area contributed by atoms with Crippen LogP contribution in [-0.2, 0) is 0 Å². The van der Waals surface area contributed by atoms with Crippen LogP contribution in [0.4, 0.5) is 10.1 Å². The van der Waals surface area contributed by atoms with Gasteiger partial charge >= 0.3 is 0 Å². The number of aryl methyl sites for hydroxylation is 1. The third-order valence-corrected chi connectivity index (χ3v) is 3.99. The van der Waals surface area contributed by atoms with E-state index < -0.39 is 6.10 Å². The van der Waals surface area contributed by atoms with E-state index in [0.717, 1.165) is 25.2 Å². The van der Waals surface area contributed by atoms with Gasteiger partial charge in [-0.25, -0.2) is 4.39 Å². The summed E-state index contributed by atoms with van der Waals surface area (Å²) in [6.45, 7) is 5.34. The average Bonchev–Trinajstić information content (AvgIpc) is 2.81. The number of halogens is 1. The van der Waals surface area contributed by atoms with Gasteiger partial charge in [0.05, 0.1) is 6.10 Å². The van der Waals surface area contributed by atoms with Gasteiger partial charge in [0, 0.05) is 30.4 Å². The monoisotopic (exact) mass is 266 g/mol. The first-order valence-corrected chi connectivity index (χ1v) is 6.79. The highest BCUT2D eigenvalue weighted by atomic mass is 19.1. The minimum Gasteiger partial charge on any atom is -0.389 e. The molecular weight excluding hydrogens is 243 g/mol. The third-order valence-electron chi connectivity index (χ3n) is 3.99. The first-order chi connectivity index (χ1) is 8.90. The highest BCUT2D eigenvalue weighted by Gasteiger charge is 2.26. The summed E-state index contributed by atoms with van der Waals surface area (Å²) in [6, 6.07) is 3.85. The summed E-state index contributed by atoms with van der Waals surface area (Å²) in [6.07, 6.45) is 0.450. The molecule has 0 amide bonds. The molecule has 2 rings (SSSR count). The van der Waals surface area contributed by atoms with Crippen molar-refractivity contribution in [3.63, 3.8) is 0 Å². The molecule has 0 saturated carbocycles. The van der Waals surface area contributed by atoms with Gasteiger partial charge in [0.15, 0.2) is 0 Å². The first-order valence-electron chi connectivity index (χ1n) is 6.79. The zero-order valence-corrected chi connectivity index (χ0v) is 12.2. The second-order valence-corrected chi connectivity index (χ2v) is 5.69. The topological polar surface area (TPSA) is 26.7 Å². The number of anilines is 1. The lowest BCUT2D eigenvalue weighted by molar-refractivity contribution is 0.199. The number of hydrogen-bond donors (Lipinski definition) is 1. The minimum atomic E-state index is -0.650. The summed E-state index contributed by atoms with van der Waals surface area (Å²) in [7, 11) is 4.17. The largest absolute Gasteiger partial charge is 0.389 e. The van der Waals surface area contributed by atoms with Gasteiger partial charge in [0.25, 0.3) is 0 Å². The van der Waals surface area contributed by atoms with Crippen molar-refractivity contribution in [3.05, 3.63) is 29.1 Å². The highest BCUT2D eigenvalue weighted by Crippen LogP contribution is 2.32. The summed E-state index contributed by atoms with van der Waals surface area (Å²) in [4.78, 5) is 4.47. The molecule has 1 saturated heterocycles. The molecule has 19 heavy (non-hydrogen) atoms. The molecule has 0 aromatic heterocycles. The molecule has 1 aliphatic heterocycles. The third kappa shape index (κ3) is 2.90. The summed E-state index contributed by atoms with van der Waals surface area (Å²) in [5.74, 6) is -0.247. The lowest BCUT2D eigenvalue weighted by Crippen LogP contribution is -2.31. The number of rotatable bonds is 3. The van der Waals surface area contributed by atoms with Crippen molar-refractivity contribution in [2.45, 2.75) is 32.4 Å². The Morgan fingerprint density at radius 2 is 2.11 bits per heavy atom. The molecule has 0 radical (unpaired) electrons. The normalized spacial score (nSPS) is 21.2. The van der Waals surface area contributed by atoms with Crippen LogP contribution in [0.15, 0.2) is 12.1 Å². The second kappa shape index (κ2) is 5.47. The van der Waals surface area contributed by atoms with Crippen molar-refractivity contribution < 1.29 is 9.50 Å². The molecule has 1 aliphatic rings. The van der Waals surface area contributed by atoms with Crippen molar-refractivity contribution >= 4 is 5.69 Å². The van der Waals surface area contributed by atoms with Crippen LogP contribution < -0.4 is 4.90 Å². The van der Waals surface area contributed by atoms with Gasteiger partial charge in [-0.15, -0.1) is 0 Å². The van der Waals surface area contributed by atoms with Crippen LogP contribution in [0.1, 0.15) is 30.6 Å². The van der Waals surface area contributed by atoms with Crippen LogP contribution in [-0.4, -0.2) is 43.2 Å². The van der Waals surface area contributed by atoms with E-state index in [2.05, 4.69) is 23.9 Å². The van der Waals surface area contributed by atoms with Crippen LogP contribution in [0, 0.1) is 12.7 Å². The molecule has 106 valence electrons. The van der Waals surface area contributed by atoms with Gasteiger partial charge in [0.2, 0.25) is 0 Å². The quantitative estimate of drug-likeness (QED) is 0.909. The van der Waals surface area contributed by atoms with Gasteiger partial charge in [-0.2, -0.15) is 0 Å². The lowest BCUT2D eigenvalue weighted by Gasteiger charge is -2.25. The van der Waals surface area contributed by atoms with Crippen LogP contribution in [0.25, 0.3) is 0 Å². The Bertz CT molecular complexity index is 460. The van der Waals surface area contributed by atoms with Crippen LogP contribution >= 0.6 is 0 Å². The maximum Gasteiger partial charge on any atom is 0.126 e. The molecule has 1 aromatic carbocycles. The molecule has 0 bridgehead atoms. The Hall–Kier alpha value is -1.13. The van der Waals surface area contributed by atoms with E-state index in [-0.39, 0.29) is 5.82 Å². The molecule has 1 aromatic rings. The van der Waals surface area contributed by atoms with Crippen molar-refractivity contribution in [2.75, 3.05) is 32.1 Å². The zero-order valence-electron chi connectivity index (χ0n) is 12.2. The Morgan fingerprint density at radius 1 is 1.42 bits per heavy atom. The maximum absolute atomic E-state index is 13.7. The molecule has 2 unspecified atom stereocenters. The molecular formula is C15H23FN2O. The number of aliphatic hydroxyl groups excluding tert-OH is 1. The van der Waals surface area contributed by atoms with Gasteiger partial charge in [-0.1, -0.05) is 0 Å². The molecule has 0 aliphatic carbocycles. The Labute approximate surface area is 114 Å². The molecule has 3 nitrogen and oxygen atoms in total. The lowest BCUT2D eigenvalue weighted by atomic mass is 10.0. The number of likely N-dealkylation sites (N-methyl/N-ethyl adjacent to an activating group) is 1. The minimum absolute atomic E-state index is 0.247. The maximum atomic E-state index is 13.7. The number of hydrogen-bond acceptors (Lipinski definition) is 3. The van der Waals surface area contributed by atoms with E-state index in [4.69, 9.17) is 0 Å². The van der Waals surface area contributed by atoms with Crippen LogP contribution in [0.3, 0.4) is 0 Å². The average molecular weight is 266 g/mol. The molecule has 1 fully saturated rings. The van der Waals surface area contributed by atoms with Gasteiger partial charge < -0.3 is 14.9 Å². The summed E-state index contributed by atoms with van der Waals surface area (Å²) in [5.41, 5.74) is 2.29.